The topological polar surface area (TPSA) is 57.5 Å². The lowest BCUT2D eigenvalue weighted by Gasteiger charge is -2.03. The molecule has 66 valence electrons. The first-order valence-corrected chi connectivity index (χ1v) is 6.40. The Hall–Kier alpha value is 0.01000. The quantitative estimate of drug-likeness (QED) is 0.758. The van der Waals surface area contributed by atoms with E-state index in [-0.39, 0.29) is 0 Å². The van der Waals surface area contributed by atoms with Crippen molar-refractivity contribution in [3.63, 3.8) is 0 Å². The van der Waals surface area contributed by atoms with Crippen LogP contribution in [-0.2, 0) is 4.57 Å². The third-order valence-electron chi connectivity index (χ3n) is 1.05. The van der Waals surface area contributed by atoms with Crippen LogP contribution in [0.4, 0.5) is 0 Å². The number of halogens is 1. The highest BCUT2D eigenvalue weighted by atomic mass is 35.5. The maximum atomic E-state index is 10.6. The van der Waals surface area contributed by atoms with E-state index in [1.165, 1.54) is 0 Å². The second-order valence-corrected chi connectivity index (χ2v) is 6.00. The molecule has 0 saturated carbocycles. The zero-order chi connectivity index (χ0) is 9.19. The molecule has 1 aromatic rings. The van der Waals surface area contributed by atoms with Crippen molar-refractivity contribution in [3.05, 3.63) is 29.3 Å². The zero-order valence-electron chi connectivity index (χ0n) is 5.85. The average molecular weight is 225 g/mol. The van der Waals surface area contributed by atoms with E-state index in [4.69, 9.17) is 21.4 Å². The van der Waals surface area contributed by atoms with Crippen LogP contribution in [0.1, 0.15) is 0 Å². The summed E-state index contributed by atoms with van der Waals surface area (Å²) >= 11 is 6.13. The van der Waals surface area contributed by atoms with Gasteiger partial charge in [-0.3, -0.25) is 0 Å². The molecule has 0 aromatic heterocycles. The minimum atomic E-state index is -4.08. The average Bonchev–Trinajstić information content (AvgIpc) is 1.91. The summed E-state index contributed by atoms with van der Waals surface area (Å²) in [6.07, 6.45) is 0. The zero-order valence-corrected chi connectivity index (χ0v) is 8.31. The first kappa shape index (κ1) is 10.1. The monoisotopic (exact) mass is 224 g/mol. The molecule has 2 N–H and O–H groups in total. The van der Waals surface area contributed by atoms with Crippen LogP contribution in [0.25, 0.3) is 0 Å². The van der Waals surface area contributed by atoms with Crippen molar-refractivity contribution < 1.29 is 14.4 Å². The molecular formula is C6H6ClO3PS. The minimum Gasteiger partial charge on any atom is -0.316 e. The van der Waals surface area contributed by atoms with Crippen molar-refractivity contribution in [1.82, 2.24) is 0 Å². The lowest BCUT2D eigenvalue weighted by atomic mass is 10.4. The normalized spacial score (nSPS) is 11.6. The second-order valence-electron chi connectivity index (χ2n) is 2.01. The molecular weight excluding hydrogens is 219 g/mol. The Balaban J connectivity index is 2.90. The molecule has 1 rings (SSSR count). The highest BCUT2D eigenvalue weighted by Gasteiger charge is 2.16. The van der Waals surface area contributed by atoms with Crippen LogP contribution >= 0.6 is 29.8 Å². The van der Waals surface area contributed by atoms with Crippen molar-refractivity contribution in [2.75, 3.05) is 0 Å². The van der Waals surface area contributed by atoms with Gasteiger partial charge in [-0.1, -0.05) is 23.7 Å². The molecule has 3 nitrogen and oxygen atoms in total. The SMILES string of the molecule is O=P(O)(O)Sc1ccccc1Cl. The van der Waals surface area contributed by atoms with Gasteiger partial charge in [0.05, 0.1) is 5.02 Å². The summed E-state index contributed by atoms with van der Waals surface area (Å²) in [5.74, 6) is 0. The Morgan fingerprint density at radius 2 is 1.92 bits per heavy atom. The summed E-state index contributed by atoms with van der Waals surface area (Å²) in [6, 6.07) is 6.52. The van der Waals surface area contributed by atoms with Crippen molar-refractivity contribution in [2.45, 2.75) is 4.90 Å². The van der Waals surface area contributed by atoms with Gasteiger partial charge in [0.15, 0.2) is 0 Å². The summed E-state index contributed by atoms with van der Waals surface area (Å²) in [7, 11) is 0. The molecule has 0 aliphatic heterocycles. The van der Waals surface area contributed by atoms with E-state index in [1.807, 2.05) is 0 Å². The first-order valence-electron chi connectivity index (χ1n) is 2.99. The van der Waals surface area contributed by atoms with E-state index >= 15 is 0 Å². The first-order chi connectivity index (χ1) is 5.49. The summed E-state index contributed by atoms with van der Waals surface area (Å²) < 4.78 is 10.6. The molecule has 0 heterocycles. The molecule has 0 spiro atoms. The van der Waals surface area contributed by atoms with E-state index in [1.54, 1.807) is 24.3 Å². The van der Waals surface area contributed by atoms with Gasteiger partial charge in [0, 0.05) is 4.90 Å². The van der Waals surface area contributed by atoms with Gasteiger partial charge in [0.25, 0.3) is 0 Å². The minimum absolute atomic E-state index is 0.353. The Bertz CT molecular complexity index is 324. The van der Waals surface area contributed by atoms with Crippen molar-refractivity contribution in [1.29, 1.82) is 0 Å². The van der Waals surface area contributed by atoms with Gasteiger partial charge in [-0.25, -0.2) is 4.57 Å². The molecule has 0 amide bonds. The molecule has 0 aliphatic carbocycles. The standard InChI is InChI=1S/C6H6ClO3PS/c7-5-3-1-2-4-6(5)12-11(8,9)10/h1-4H,(H2,8,9,10). The van der Waals surface area contributed by atoms with Crippen molar-refractivity contribution in [3.8, 4) is 0 Å². The van der Waals surface area contributed by atoms with Gasteiger partial charge < -0.3 is 9.79 Å². The lowest BCUT2D eigenvalue weighted by Crippen LogP contribution is -1.74. The number of rotatable bonds is 2. The molecule has 6 heteroatoms. The predicted molar refractivity (Wildman–Crippen MR) is 49.4 cm³/mol. The van der Waals surface area contributed by atoms with Gasteiger partial charge in [0.2, 0.25) is 0 Å². The van der Waals surface area contributed by atoms with E-state index in [0.29, 0.717) is 21.3 Å². The van der Waals surface area contributed by atoms with Crippen molar-refractivity contribution in [2.24, 2.45) is 0 Å². The number of hydrogen-bond acceptors (Lipinski definition) is 2. The van der Waals surface area contributed by atoms with Crippen LogP contribution in [0.2, 0.25) is 5.02 Å². The molecule has 0 unspecified atom stereocenters. The number of benzene rings is 1. The van der Waals surface area contributed by atoms with Gasteiger partial charge in [-0.15, -0.1) is 0 Å². The largest absolute Gasteiger partial charge is 0.388 e. The van der Waals surface area contributed by atoms with Crippen molar-refractivity contribution >= 4 is 29.8 Å². The summed E-state index contributed by atoms with van der Waals surface area (Å²) in [4.78, 5) is 17.6. The van der Waals surface area contributed by atoms with E-state index in [9.17, 15) is 4.57 Å². The Morgan fingerprint density at radius 3 is 2.42 bits per heavy atom. The lowest BCUT2D eigenvalue weighted by molar-refractivity contribution is 0.397. The fourth-order valence-electron chi connectivity index (χ4n) is 0.647. The fourth-order valence-corrected chi connectivity index (χ4v) is 2.86. The summed E-state index contributed by atoms with van der Waals surface area (Å²) in [6.45, 7) is -4.08. The molecule has 12 heavy (non-hydrogen) atoms. The molecule has 0 saturated heterocycles. The smallest absolute Gasteiger partial charge is 0.316 e. The number of hydrogen-bond donors (Lipinski definition) is 2. The molecule has 0 atom stereocenters. The van der Waals surface area contributed by atoms with Gasteiger partial charge >= 0.3 is 6.80 Å². The predicted octanol–water partition coefficient (Wildman–Crippen LogP) is 2.52. The van der Waals surface area contributed by atoms with E-state index in [0.717, 1.165) is 0 Å². The van der Waals surface area contributed by atoms with E-state index in [2.05, 4.69) is 0 Å². The molecule has 0 bridgehead atoms. The van der Waals surface area contributed by atoms with Gasteiger partial charge in [0.1, 0.15) is 0 Å². The highest BCUT2D eigenvalue weighted by molar-refractivity contribution is 8.54. The maximum absolute atomic E-state index is 10.6. The van der Waals surface area contributed by atoms with Crippen LogP contribution < -0.4 is 0 Å². The molecule has 1 aromatic carbocycles. The van der Waals surface area contributed by atoms with Crippen LogP contribution in [-0.4, -0.2) is 9.79 Å². The van der Waals surface area contributed by atoms with Crippen LogP contribution in [0, 0.1) is 0 Å². The van der Waals surface area contributed by atoms with E-state index < -0.39 is 6.80 Å². The Labute approximate surface area is 78.7 Å². The third-order valence-corrected chi connectivity index (χ3v) is 3.59. The Kier molecular flexibility index (Phi) is 3.21. The maximum Gasteiger partial charge on any atom is 0.388 e. The Morgan fingerprint density at radius 1 is 1.33 bits per heavy atom. The molecule has 0 aliphatic rings. The fraction of sp³-hybridized carbons (Fsp3) is 0. The summed E-state index contributed by atoms with van der Waals surface area (Å²) in [5, 5.41) is 0.353. The van der Waals surface area contributed by atoms with Crippen LogP contribution in [0.3, 0.4) is 0 Å². The second kappa shape index (κ2) is 3.81. The van der Waals surface area contributed by atoms with Gasteiger partial charge in [-0.2, -0.15) is 0 Å². The summed E-state index contributed by atoms with van der Waals surface area (Å²) in [5.41, 5.74) is 0. The third kappa shape index (κ3) is 3.17. The highest BCUT2D eigenvalue weighted by Crippen LogP contribution is 2.55. The molecule has 0 radical (unpaired) electrons. The van der Waals surface area contributed by atoms with Crippen LogP contribution in [0.5, 0.6) is 0 Å². The van der Waals surface area contributed by atoms with Gasteiger partial charge in [-0.05, 0) is 23.5 Å². The molecule has 0 fully saturated rings. The van der Waals surface area contributed by atoms with Crippen LogP contribution in [0.15, 0.2) is 29.2 Å².